The zero-order valence-electron chi connectivity index (χ0n) is 14.2. The molecule has 4 rings (SSSR count). The van der Waals surface area contributed by atoms with E-state index in [2.05, 4.69) is 15.6 Å². The molecular weight excluding hydrogens is 386 g/mol. The number of ether oxygens (including phenoxy) is 1. The van der Waals surface area contributed by atoms with Crippen molar-refractivity contribution in [3.8, 4) is 17.0 Å². The van der Waals surface area contributed by atoms with E-state index in [1.165, 1.54) is 11.3 Å². The van der Waals surface area contributed by atoms with Gasteiger partial charge in [0.15, 0.2) is 11.2 Å². The second-order valence-corrected chi connectivity index (χ2v) is 7.25. The molecule has 1 aliphatic rings. The Labute approximate surface area is 164 Å². The summed E-state index contributed by atoms with van der Waals surface area (Å²) < 4.78 is 5.55. The van der Waals surface area contributed by atoms with E-state index in [9.17, 15) is 9.59 Å². The number of anilines is 2. The van der Waals surface area contributed by atoms with Gasteiger partial charge in [-0.1, -0.05) is 11.6 Å². The summed E-state index contributed by atoms with van der Waals surface area (Å²) in [5.41, 5.74) is 2.62. The zero-order chi connectivity index (χ0) is 19.0. The minimum Gasteiger partial charge on any atom is -0.479 e. The van der Waals surface area contributed by atoms with Crippen molar-refractivity contribution in [1.29, 1.82) is 0 Å². The molecule has 2 N–H and O–H groups in total. The Balaban J connectivity index is 1.53. The molecule has 0 radical (unpaired) electrons. The summed E-state index contributed by atoms with van der Waals surface area (Å²) in [5, 5.41) is 8.48. The fourth-order valence-electron chi connectivity index (χ4n) is 2.60. The van der Waals surface area contributed by atoms with E-state index < -0.39 is 6.10 Å². The highest BCUT2D eigenvalue weighted by atomic mass is 35.5. The number of hydrogen-bond donors (Lipinski definition) is 2. The molecule has 8 heteroatoms. The lowest BCUT2D eigenvalue weighted by atomic mass is 10.1. The summed E-state index contributed by atoms with van der Waals surface area (Å²) in [6, 6.07) is 12.1. The van der Waals surface area contributed by atoms with Gasteiger partial charge in [-0.3, -0.25) is 14.9 Å². The van der Waals surface area contributed by atoms with Gasteiger partial charge in [0.2, 0.25) is 0 Å². The fraction of sp³-hybridized carbons (Fsp3) is 0.105. The fourth-order valence-corrected chi connectivity index (χ4v) is 3.44. The van der Waals surface area contributed by atoms with E-state index in [-0.39, 0.29) is 11.8 Å². The Hall–Kier alpha value is -2.90. The van der Waals surface area contributed by atoms with Crippen LogP contribution < -0.4 is 15.4 Å². The van der Waals surface area contributed by atoms with E-state index in [1.54, 1.807) is 43.3 Å². The lowest BCUT2D eigenvalue weighted by Crippen LogP contribution is -2.34. The van der Waals surface area contributed by atoms with Crippen LogP contribution >= 0.6 is 22.9 Å². The van der Waals surface area contributed by atoms with E-state index in [4.69, 9.17) is 16.3 Å². The number of nitrogens with one attached hydrogen (secondary N) is 2. The molecule has 1 aromatic heterocycles. The molecule has 0 fully saturated rings. The third-order valence-electron chi connectivity index (χ3n) is 4.04. The number of carbonyl (C=O) groups excluding carboxylic acids is 2. The topological polar surface area (TPSA) is 80.3 Å². The van der Waals surface area contributed by atoms with Crippen molar-refractivity contribution in [1.82, 2.24) is 4.98 Å². The van der Waals surface area contributed by atoms with E-state index >= 15 is 0 Å². The molecule has 0 aliphatic carbocycles. The van der Waals surface area contributed by atoms with Crippen LogP contribution in [0.2, 0.25) is 5.02 Å². The Bertz CT molecular complexity index is 1030. The number of thiazole rings is 1. The Morgan fingerprint density at radius 2 is 2.04 bits per heavy atom. The molecule has 3 aromatic rings. The van der Waals surface area contributed by atoms with Crippen LogP contribution in [0.15, 0.2) is 47.8 Å². The normalized spacial score (nSPS) is 15.5. The number of amides is 2. The third kappa shape index (κ3) is 3.65. The van der Waals surface area contributed by atoms with Crippen molar-refractivity contribution < 1.29 is 14.3 Å². The van der Waals surface area contributed by atoms with Crippen LogP contribution in [0, 0.1) is 0 Å². The van der Waals surface area contributed by atoms with Gasteiger partial charge in [-0.15, -0.1) is 11.3 Å². The second kappa shape index (κ2) is 7.02. The standard InChI is InChI=1S/C19H14ClN3O3S/c1-10-17(24)21-14-8-12(4-7-16(14)26-10)15-9-27-19(22-15)23-18(25)11-2-5-13(20)6-3-11/h2-10H,1H3,(H,21,24)(H,22,23,25). The summed E-state index contributed by atoms with van der Waals surface area (Å²) in [5.74, 6) is 0.179. The first-order valence-corrected chi connectivity index (χ1v) is 9.40. The Morgan fingerprint density at radius 1 is 1.26 bits per heavy atom. The van der Waals surface area contributed by atoms with E-state index in [0.717, 1.165) is 5.56 Å². The Kier molecular flexibility index (Phi) is 4.55. The number of fused-ring (bicyclic) bond motifs is 1. The molecule has 2 amide bonds. The molecule has 136 valence electrons. The van der Waals surface area contributed by atoms with Gasteiger partial charge in [0.05, 0.1) is 11.4 Å². The number of aromatic nitrogens is 1. The maximum atomic E-state index is 12.3. The van der Waals surface area contributed by atoms with Crippen molar-refractivity contribution in [2.45, 2.75) is 13.0 Å². The van der Waals surface area contributed by atoms with Crippen molar-refractivity contribution in [2.24, 2.45) is 0 Å². The number of hydrogen-bond acceptors (Lipinski definition) is 5. The minimum atomic E-state index is -0.516. The number of carbonyl (C=O) groups is 2. The summed E-state index contributed by atoms with van der Waals surface area (Å²) in [4.78, 5) is 28.5. The SMILES string of the molecule is CC1Oc2ccc(-c3csc(NC(=O)c4ccc(Cl)cc4)n3)cc2NC1=O. The quantitative estimate of drug-likeness (QED) is 0.682. The highest BCUT2D eigenvalue weighted by Gasteiger charge is 2.24. The van der Waals surface area contributed by atoms with Crippen LogP contribution in [0.1, 0.15) is 17.3 Å². The maximum Gasteiger partial charge on any atom is 0.265 e. The zero-order valence-corrected chi connectivity index (χ0v) is 15.7. The summed E-state index contributed by atoms with van der Waals surface area (Å²) in [6.07, 6.45) is -0.516. The van der Waals surface area contributed by atoms with Crippen molar-refractivity contribution in [3.05, 3.63) is 58.4 Å². The van der Waals surface area contributed by atoms with Gasteiger partial charge in [-0.05, 0) is 49.4 Å². The molecule has 27 heavy (non-hydrogen) atoms. The third-order valence-corrected chi connectivity index (χ3v) is 5.05. The molecule has 1 atom stereocenters. The van der Waals surface area contributed by atoms with Gasteiger partial charge in [0.25, 0.3) is 11.8 Å². The Morgan fingerprint density at radius 3 is 2.81 bits per heavy atom. The lowest BCUT2D eigenvalue weighted by Gasteiger charge is -2.23. The van der Waals surface area contributed by atoms with Crippen LogP contribution in [0.5, 0.6) is 5.75 Å². The molecule has 0 bridgehead atoms. The first-order valence-electron chi connectivity index (χ1n) is 8.14. The molecule has 1 unspecified atom stereocenters. The molecule has 2 aromatic carbocycles. The first-order chi connectivity index (χ1) is 13.0. The van der Waals surface area contributed by atoms with Crippen LogP contribution in [0.4, 0.5) is 10.8 Å². The van der Waals surface area contributed by atoms with Crippen LogP contribution in [-0.2, 0) is 4.79 Å². The van der Waals surface area contributed by atoms with Gasteiger partial charge in [-0.25, -0.2) is 4.98 Å². The molecule has 6 nitrogen and oxygen atoms in total. The summed E-state index contributed by atoms with van der Waals surface area (Å²) >= 11 is 7.16. The number of nitrogens with zero attached hydrogens (tertiary/aromatic N) is 1. The molecule has 0 spiro atoms. The lowest BCUT2D eigenvalue weighted by molar-refractivity contribution is -0.122. The number of halogens is 1. The van der Waals surface area contributed by atoms with E-state index in [0.29, 0.717) is 32.8 Å². The van der Waals surface area contributed by atoms with Crippen LogP contribution in [0.25, 0.3) is 11.3 Å². The van der Waals surface area contributed by atoms with Crippen molar-refractivity contribution >= 4 is 45.6 Å². The first kappa shape index (κ1) is 17.5. The van der Waals surface area contributed by atoms with Crippen molar-refractivity contribution in [3.63, 3.8) is 0 Å². The van der Waals surface area contributed by atoms with Crippen LogP contribution in [-0.4, -0.2) is 22.9 Å². The smallest absolute Gasteiger partial charge is 0.265 e. The minimum absolute atomic E-state index is 0.186. The molecule has 0 saturated carbocycles. The molecule has 2 heterocycles. The highest BCUT2D eigenvalue weighted by Crippen LogP contribution is 2.35. The molecule has 1 aliphatic heterocycles. The largest absolute Gasteiger partial charge is 0.479 e. The van der Waals surface area contributed by atoms with E-state index in [1.807, 2.05) is 11.4 Å². The highest BCUT2D eigenvalue weighted by molar-refractivity contribution is 7.14. The number of benzene rings is 2. The van der Waals surface area contributed by atoms with Gasteiger partial charge in [0, 0.05) is 21.5 Å². The van der Waals surface area contributed by atoms with Crippen LogP contribution in [0.3, 0.4) is 0 Å². The summed E-state index contributed by atoms with van der Waals surface area (Å²) in [7, 11) is 0. The average molecular weight is 400 g/mol. The summed E-state index contributed by atoms with van der Waals surface area (Å²) in [6.45, 7) is 1.70. The van der Waals surface area contributed by atoms with Gasteiger partial charge >= 0.3 is 0 Å². The maximum absolute atomic E-state index is 12.3. The number of rotatable bonds is 3. The molecular formula is C19H14ClN3O3S. The predicted molar refractivity (Wildman–Crippen MR) is 106 cm³/mol. The van der Waals surface area contributed by atoms with Gasteiger partial charge < -0.3 is 10.1 Å². The second-order valence-electron chi connectivity index (χ2n) is 5.96. The predicted octanol–water partition coefficient (Wildman–Crippen LogP) is 4.44. The monoisotopic (exact) mass is 399 g/mol. The average Bonchev–Trinajstić information content (AvgIpc) is 3.11. The van der Waals surface area contributed by atoms with Gasteiger partial charge in [-0.2, -0.15) is 0 Å². The van der Waals surface area contributed by atoms with Crippen molar-refractivity contribution in [2.75, 3.05) is 10.6 Å². The molecule has 0 saturated heterocycles. The van der Waals surface area contributed by atoms with Gasteiger partial charge in [0.1, 0.15) is 5.75 Å².